The SMILES string of the molecule is CCOC(=O)C1=C(C)OC(N)=C(C#N)[C@H]1[C@H]1COC(C)(C)O1. The summed E-state index contributed by atoms with van der Waals surface area (Å²) in [5.74, 6) is -1.70. The maximum atomic E-state index is 12.3. The summed E-state index contributed by atoms with van der Waals surface area (Å²) in [5.41, 5.74) is 6.20. The van der Waals surface area contributed by atoms with Crippen molar-refractivity contribution in [2.45, 2.75) is 39.6 Å². The van der Waals surface area contributed by atoms with Crippen LogP contribution in [0.4, 0.5) is 0 Å². The largest absolute Gasteiger partial charge is 0.463 e. The molecule has 0 radical (unpaired) electrons. The molecule has 1 fully saturated rings. The lowest BCUT2D eigenvalue weighted by Crippen LogP contribution is -2.36. The van der Waals surface area contributed by atoms with Crippen LogP contribution in [0.1, 0.15) is 27.7 Å². The van der Waals surface area contributed by atoms with E-state index in [-0.39, 0.29) is 30.2 Å². The predicted molar refractivity (Wildman–Crippen MR) is 75.6 cm³/mol. The molecule has 0 saturated carbocycles. The van der Waals surface area contributed by atoms with Gasteiger partial charge in [0.1, 0.15) is 11.8 Å². The first-order valence-corrected chi connectivity index (χ1v) is 7.08. The van der Waals surface area contributed by atoms with E-state index in [9.17, 15) is 10.1 Å². The van der Waals surface area contributed by atoms with E-state index in [0.717, 1.165) is 0 Å². The second-order valence-corrected chi connectivity index (χ2v) is 5.53. The molecule has 7 nitrogen and oxygen atoms in total. The maximum absolute atomic E-state index is 12.3. The number of hydrogen-bond acceptors (Lipinski definition) is 7. The third-order valence-electron chi connectivity index (χ3n) is 3.55. The highest BCUT2D eigenvalue weighted by atomic mass is 16.7. The number of carbonyl (C=O) groups is 1. The van der Waals surface area contributed by atoms with Gasteiger partial charge in [0, 0.05) is 0 Å². The summed E-state index contributed by atoms with van der Waals surface area (Å²) in [7, 11) is 0. The van der Waals surface area contributed by atoms with Gasteiger partial charge in [0.2, 0.25) is 5.88 Å². The Labute approximate surface area is 129 Å². The number of rotatable bonds is 3. The molecule has 0 unspecified atom stereocenters. The van der Waals surface area contributed by atoms with Gasteiger partial charge in [-0.1, -0.05) is 0 Å². The Bertz CT molecular complexity index is 585. The highest BCUT2D eigenvalue weighted by Gasteiger charge is 2.46. The summed E-state index contributed by atoms with van der Waals surface area (Å²) < 4.78 is 21.8. The van der Waals surface area contributed by atoms with Crippen molar-refractivity contribution in [3.05, 3.63) is 22.8 Å². The number of esters is 1. The van der Waals surface area contributed by atoms with Crippen LogP contribution in [-0.2, 0) is 23.7 Å². The van der Waals surface area contributed by atoms with Crippen molar-refractivity contribution in [3.63, 3.8) is 0 Å². The summed E-state index contributed by atoms with van der Waals surface area (Å²) in [6.45, 7) is 7.32. The van der Waals surface area contributed by atoms with Crippen LogP contribution in [0.5, 0.6) is 0 Å². The molecule has 2 heterocycles. The Morgan fingerprint density at radius 2 is 2.23 bits per heavy atom. The van der Waals surface area contributed by atoms with Gasteiger partial charge in [-0.3, -0.25) is 0 Å². The van der Waals surface area contributed by atoms with Gasteiger partial charge < -0.3 is 24.7 Å². The van der Waals surface area contributed by atoms with Crippen LogP contribution in [0.25, 0.3) is 0 Å². The van der Waals surface area contributed by atoms with Gasteiger partial charge in [-0.2, -0.15) is 5.26 Å². The number of allylic oxidation sites excluding steroid dienone is 1. The fourth-order valence-corrected chi connectivity index (χ4v) is 2.65. The summed E-state index contributed by atoms with van der Waals surface area (Å²) in [6, 6.07) is 2.01. The number of nitrogens with two attached hydrogens (primary N) is 1. The normalized spacial score (nSPS) is 27.4. The van der Waals surface area contributed by atoms with Crippen LogP contribution < -0.4 is 5.73 Å². The molecule has 2 aliphatic heterocycles. The third kappa shape index (κ3) is 2.93. The monoisotopic (exact) mass is 308 g/mol. The molecule has 2 aliphatic rings. The Morgan fingerprint density at radius 1 is 1.55 bits per heavy atom. The first-order chi connectivity index (χ1) is 10.3. The minimum atomic E-state index is -0.786. The lowest BCUT2D eigenvalue weighted by Gasteiger charge is -2.30. The van der Waals surface area contributed by atoms with Gasteiger partial charge in [-0.15, -0.1) is 0 Å². The molecular formula is C15H20N2O5. The summed E-state index contributed by atoms with van der Waals surface area (Å²) in [5, 5.41) is 9.40. The van der Waals surface area contributed by atoms with E-state index in [0.29, 0.717) is 5.76 Å². The number of ether oxygens (including phenoxy) is 4. The molecule has 2 atom stereocenters. The Hall–Kier alpha value is -2.04. The molecule has 2 rings (SSSR count). The molecule has 1 saturated heterocycles. The average Bonchev–Trinajstić information content (AvgIpc) is 2.78. The van der Waals surface area contributed by atoms with Crippen LogP contribution >= 0.6 is 0 Å². The Balaban J connectivity index is 2.44. The van der Waals surface area contributed by atoms with Crippen molar-refractivity contribution < 1.29 is 23.7 Å². The molecule has 0 aromatic rings. The summed E-state index contributed by atoms with van der Waals surface area (Å²) >= 11 is 0. The third-order valence-corrected chi connectivity index (χ3v) is 3.55. The molecule has 0 aromatic heterocycles. The van der Waals surface area contributed by atoms with Crippen molar-refractivity contribution in [2.24, 2.45) is 11.7 Å². The molecule has 0 aliphatic carbocycles. The second kappa shape index (κ2) is 5.99. The number of nitrogens with zero attached hydrogens (tertiary/aromatic N) is 1. The molecule has 7 heteroatoms. The Morgan fingerprint density at radius 3 is 2.73 bits per heavy atom. The van der Waals surface area contributed by atoms with Crippen LogP contribution in [0.15, 0.2) is 22.8 Å². The van der Waals surface area contributed by atoms with E-state index in [1.807, 2.05) is 6.07 Å². The lowest BCUT2D eigenvalue weighted by molar-refractivity contribution is -0.147. The topological polar surface area (TPSA) is 104 Å². The highest BCUT2D eigenvalue weighted by Crippen LogP contribution is 2.39. The van der Waals surface area contributed by atoms with Crippen molar-refractivity contribution in [1.29, 1.82) is 5.26 Å². The van der Waals surface area contributed by atoms with Gasteiger partial charge in [0.25, 0.3) is 0 Å². The quantitative estimate of drug-likeness (QED) is 0.784. The zero-order chi connectivity index (χ0) is 16.5. The molecule has 0 amide bonds. The molecule has 0 spiro atoms. The Kier molecular flexibility index (Phi) is 4.44. The first-order valence-electron chi connectivity index (χ1n) is 7.08. The van der Waals surface area contributed by atoms with E-state index in [1.54, 1.807) is 27.7 Å². The van der Waals surface area contributed by atoms with E-state index in [1.165, 1.54) is 0 Å². The van der Waals surface area contributed by atoms with Crippen LogP contribution in [0.2, 0.25) is 0 Å². The van der Waals surface area contributed by atoms with E-state index in [2.05, 4.69) is 0 Å². The summed E-state index contributed by atoms with van der Waals surface area (Å²) in [6.07, 6.45) is -0.513. The number of hydrogen-bond donors (Lipinski definition) is 1. The molecule has 22 heavy (non-hydrogen) atoms. The molecule has 0 bridgehead atoms. The summed E-state index contributed by atoms with van der Waals surface area (Å²) in [4.78, 5) is 12.3. The number of carbonyl (C=O) groups excluding carboxylic acids is 1. The lowest BCUT2D eigenvalue weighted by atomic mass is 9.84. The van der Waals surface area contributed by atoms with Gasteiger partial charge >= 0.3 is 5.97 Å². The molecule has 120 valence electrons. The minimum absolute atomic E-state index is 0.0219. The van der Waals surface area contributed by atoms with Crippen molar-refractivity contribution in [1.82, 2.24) is 0 Å². The van der Waals surface area contributed by atoms with Crippen molar-refractivity contribution in [2.75, 3.05) is 13.2 Å². The van der Waals surface area contributed by atoms with Crippen LogP contribution in [-0.4, -0.2) is 31.1 Å². The highest BCUT2D eigenvalue weighted by molar-refractivity contribution is 5.91. The molecule has 2 N–H and O–H groups in total. The zero-order valence-electron chi connectivity index (χ0n) is 13.1. The van der Waals surface area contributed by atoms with Crippen LogP contribution in [0.3, 0.4) is 0 Å². The van der Waals surface area contributed by atoms with E-state index in [4.69, 9.17) is 24.7 Å². The average molecular weight is 308 g/mol. The van der Waals surface area contributed by atoms with Crippen molar-refractivity contribution in [3.8, 4) is 6.07 Å². The second-order valence-electron chi connectivity index (χ2n) is 5.53. The minimum Gasteiger partial charge on any atom is -0.463 e. The van der Waals surface area contributed by atoms with Gasteiger partial charge in [0.05, 0.1) is 36.4 Å². The van der Waals surface area contributed by atoms with Gasteiger partial charge in [0.15, 0.2) is 5.79 Å². The maximum Gasteiger partial charge on any atom is 0.338 e. The molecular weight excluding hydrogens is 288 g/mol. The smallest absolute Gasteiger partial charge is 0.338 e. The van der Waals surface area contributed by atoms with E-state index >= 15 is 0 Å². The number of nitriles is 1. The standard InChI is InChI=1S/C15H20N2O5/c1-5-19-14(18)11-8(2)21-13(17)9(6-16)12(11)10-7-20-15(3,4)22-10/h10,12H,5,7,17H2,1-4H3/t10-,12+/m1/s1. The van der Waals surface area contributed by atoms with Crippen molar-refractivity contribution >= 4 is 5.97 Å². The van der Waals surface area contributed by atoms with Crippen LogP contribution in [0, 0.1) is 17.2 Å². The fraction of sp³-hybridized carbons (Fsp3) is 0.600. The first kappa shape index (κ1) is 16.3. The predicted octanol–water partition coefficient (Wildman–Crippen LogP) is 1.32. The molecule has 0 aromatic carbocycles. The van der Waals surface area contributed by atoms with Gasteiger partial charge in [-0.25, -0.2) is 4.79 Å². The van der Waals surface area contributed by atoms with E-state index < -0.39 is 23.8 Å². The van der Waals surface area contributed by atoms with Gasteiger partial charge in [-0.05, 0) is 27.7 Å². The fourth-order valence-electron chi connectivity index (χ4n) is 2.65. The zero-order valence-corrected chi connectivity index (χ0v) is 13.1.